The van der Waals surface area contributed by atoms with Gasteiger partial charge in [-0.3, -0.25) is 4.99 Å². The van der Waals surface area contributed by atoms with E-state index in [0.29, 0.717) is 12.0 Å². The molecule has 1 aliphatic heterocycles. The molecule has 2 heteroatoms. The van der Waals surface area contributed by atoms with Gasteiger partial charge < -0.3 is 0 Å². The molecule has 0 saturated heterocycles. The maximum Gasteiger partial charge on any atom is 0.110 e. The van der Waals surface area contributed by atoms with Crippen LogP contribution in [0.3, 0.4) is 0 Å². The largest absolute Gasteiger partial charge is 0.265 e. The van der Waals surface area contributed by atoms with Gasteiger partial charge in [-0.2, -0.15) is 0 Å². The van der Waals surface area contributed by atoms with E-state index in [1.54, 1.807) is 6.34 Å². The van der Waals surface area contributed by atoms with Crippen LogP contribution in [0.25, 0.3) is 0 Å². The molecular formula is C8H8N2. The summed E-state index contributed by atoms with van der Waals surface area (Å²) in [6.45, 7) is 0. The Hall–Kier alpha value is -1.18. The van der Waals surface area contributed by atoms with Gasteiger partial charge in [-0.05, 0) is 0 Å². The van der Waals surface area contributed by atoms with Crippen LogP contribution in [-0.4, -0.2) is 18.6 Å². The molecule has 0 saturated carbocycles. The molecule has 2 nitrogen and oxygen atoms in total. The molecule has 1 aliphatic carbocycles. The molecule has 2 unspecified atom stereocenters. The summed E-state index contributed by atoms with van der Waals surface area (Å²) >= 11 is 0. The minimum atomic E-state index is 0.308. The van der Waals surface area contributed by atoms with E-state index >= 15 is 0 Å². The number of aliphatic imine (C=N–C) groups is 2. The van der Waals surface area contributed by atoms with Gasteiger partial charge in [0.15, 0.2) is 0 Å². The second-order valence-corrected chi connectivity index (χ2v) is 2.40. The first-order valence-corrected chi connectivity index (χ1v) is 3.37. The van der Waals surface area contributed by atoms with E-state index in [2.05, 4.69) is 22.1 Å². The highest BCUT2D eigenvalue weighted by Gasteiger charge is 2.16. The number of nitrogens with zero attached hydrogens (tertiary/aromatic N) is 2. The Kier molecular flexibility index (Phi) is 1.24. The third-order valence-corrected chi connectivity index (χ3v) is 1.71. The minimum Gasteiger partial charge on any atom is -0.265 e. The van der Waals surface area contributed by atoms with E-state index < -0.39 is 0 Å². The average molecular weight is 132 g/mol. The molecule has 1 heterocycles. The molecule has 0 fully saturated rings. The number of allylic oxidation sites excluding steroid dienone is 2. The highest BCUT2D eigenvalue weighted by atomic mass is 14.9. The highest BCUT2D eigenvalue weighted by molar-refractivity contribution is 5.79. The normalized spacial score (nSPS) is 34.4. The van der Waals surface area contributed by atoms with Crippen LogP contribution in [-0.2, 0) is 0 Å². The maximum absolute atomic E-state index is 4.19. The van der Waals surface area contributed by atoms with E-state index in [-0.39, 0.29) is 0 Å². The molecule has 0 radical (unpaired) electrons. The highest BCUT2D eigenvalue weighted by Crippen LogP contribution is 2.15. The van der Waals surface area contributed by atoms with Crippen molar-refractivity contribution in [3.8, 4) is 0 Å². The first-order valence-electron chi connectivity index (χ1n) is 3.37. The number of hydrogen-bond donors (Lipinski definition) is 0. The standard InChI is InChI=1S/C8H8N2/c1-2-4-8-7(3-1)5-9-6-10-8/h1-8H. The number of rotatable bonds is 0. The van der Waals surface area contributed by atoms with Crippen LogP contribution in [0.15, 0.2) is 34.3 Å². The summed E-state index contributed by atoms with van der Waals surface area (Å²) in [5.41, 5.74) is 0. The maximum atomic E-state index is 4.19. The second kappa shape index (κ2) is 2.21. The topological polar surface area (TPSA) is 24.7 Å². The van der Waals surface area contributed by atoms with Crippen molar-refractivity contribution in [2.75, 3.05) is 0 Å². The zero-order chi connectivity index (χ0) is 6.81. The Bertz CT molecular complexity index is 186. The summed E-state index contributed by atoms with van der Waals surface area (Å²) in [7, 11) is 0. The van der Waals surface area contributed by atoms with Gasteiger partial charge in [0.05, 0.1) is 6.04 Å². The molecule has 0 bridgehead atoms. The smallest absolute Gasteiger partial charge is 0.110 e. The monoisotopic (exact) mass is 132 g/mol. The summed E-state index contributed by atoms with van der Waals surface area (Å²) in [5.74, 6) is 0.398. The Morgan fingerprint density at radius 2 is 2.00 bits per heavy atom. The summed E-state index contributed by atoms with van der Waals surface area (Å²) < 4.78 is 0. The molecule has 10 heavy (non-hydrogen) atoms. The van der Waals surface area contributed by atoms with Crippen LogP contribution in [0, 0.1) is 5.92 Å². The molecule has 0 aromatic heterocycles. The van der Waals surface area contributed by atoms with Crippen LogP contribution in [0.2, 0.25) is 0 Å². The SMILES string of the molecule is C1=CC2C=NC=NC2C=C1. The molecule has 0 N–H and O–H groups in total. The average Bonchev–Trinajstić information content (AvgIpc) is 2.05. The summed E-state index contributed by atoms with van der Waals surface area (Å²) in [4.78, 5) is 8.15. The lowest BCUT2D eigenvalue weighted by molar-refractivity contribution is 0.725. The fraction of sp³-hybridized carbons (Fsp3) is 0.250. The van der Waals surface area contributed by atoms with Crippen LogP contribution < -0.4 is 0 Å². The molecule has 0 aromatic rings. The zero-order valence-corrected chi connectivity index (χ0v) is 5.51. The van der Waals surface area contributed by atoms with Crippen LogP contribution in [0.5, 0.6) is 0 Å². The summed E-state index contributed by atoms with van der Waals surface area (Å²) in [6, 6.07) is 0.308. The Labute approximate surface area is 59.7 Å². The molecule has 0 amide bonds. The van der Waals surface area contributed by atoms with Crippen molar-refractivity contribution in [3.63, 3.8) is 0 Å². The zero-order valence-electron chi connectivity index (χ0n) is 5.51. The van der Waals surface area contributed by atoms with Crippen molar-refractivity contribution in [1.82, 2.24) is 0 Å². The predicted molar refractivity (Wildman–Crippen MR) is 42.5 cm³/mol. The number of hydrogen-bond acceptors (Lipinski definition) is 2. The van der Waals surface area contributed by atoms with Gasteiger partial charge in [-0.1, -0.05) is 24.3 Å². The Morgan fingerprint density at radius 1 is 1.10 bits per heavy atom. The Morgan fingerprint density at radius 3 is 2.90 bits per heavy atom. The van der Waals surface area contributed by atoms with Crippen LogP contribution in [0.1, 0.15) is 0 Å². The van der Waals surface area contributed by atoms with Gasteiger partial charge in [0.25, 0.3) is 0 Å². The molecular weight excluding hydrogens is 124 g/mol. The van der Waals surface area contributed by atoms with E-state index in [1.807, 2.05) is 18.4 Å². The summed E-state index contributed by atoms with van der Waals surface area (Å²) in [5, 5.41) is 0. The van der Waals surface area contributed by atoms with E-state index in [9.17, 15) is 0 Å². The van der Waals surface area contributed by atoms with E-state index in [0.717, 1.165) is 0 Å². The van der Waals surface area contributed by atoms with Crippen molar-refractivity contribution >= 4 is 12.6 Å². The summed E-state index contributed by atoms with van der Waals surface area (Å²) in [6.07, 6.45) is 11.8. The van der Waals surface area contributed by atoms with Crippen molar-refractivity contribution < 1.29 is 0 Å². The molecule has 50 valence electrons. The van der Waals surface area contributed by atoms with Crippen LogP contribution >= 0.6 is 0 Å². The first-order chi connectivity index (χ1) is 4.97. The predicted octanol–water partition coefficient (Wildman–Crippen LogP) is 1.21. The fourth-order valence-corrected chi connectivity index (χ4v) is 1.15. The van der Waals surface area contributed by atoms with Gasteiger partial charge in [-0.15, -0.1) is 0 Å². The fourth-order valence-electron chi connectivity index (χ4n) is 1.15. The van der Waals surface area contributed by atoms with Gasteiger partial charge in [0.2, 0.25) is 0 Å². The molecule has 0 aromatic carbocycles. The molecule has 2 rings (SSSR count). The molecule has 2 atom stereocenters. The quantitative estimate of drug-likeness (QED) is 0.473. The lowest BCUT2D eigenvalue weighted by Gasteiger charge is -2.17. The van der Waals surface area contributed by atoms with Crippen molar-refractivity contribution in [3.05, 3.63) is 24.3 Å². The van der Waals surface area contributed by atoms with Crippen molar-refractivity contribution in [1.29, 1.82) is 0 Å². The van der Waals surface area contributed by atoms with Gasteiger partial charge >= 0.3 is 0 Å². The lowest BCUT2D eigenvalue weighted by Crippen LogP contribution is -2.20. The first kappa shape index (κ1) is 5.59. The van der Waals surface area contributed by atoms with E-state index in [1.165, 1.54) is 0 Å². The minimum absolute atomic E-state index is 0.308. The van der Waals surface area contributed by atoms with E-state index in [4.69, 9.17) is 0 Å². The van der Waals surface area contributed by atoms with Crippen molar-refractivity contribution in [2.45, 2.75) is 6.04 Å². The Balaban J connectivity index is 2.28. The van der Waals surface area contributed by atoms with Gasteiger partial charge in [0, 0.05) is 12.1 Å². The van der Waals surface area contributed by atoms with Crippen LogP contribution in [0.4, 0.5) is 0 Å². The third-order valence-electron chi connectivity index (χ3n) is 1.71. The van der Waals surface area contributed by atoms with Gasteiger partial charge in [0.1, 0.15) is 6.34 Å². The molecule has 0 spiro atoms. The number of fused-ring (bicyclic) bond motifs is 1. The molecule has 2 aliphatic rings. The van der Waals surface area contributed by atoms with Gasteiger partial charge in [-0.25, -0.2) is 4.99 Å². The lowest BCUT2D eigenvalue weighted by atomic mass is 9.96. The second-order valence-electron chi connectivity index (χ2n) is 2.40. The third kappa shape index (κ3) is 0.817. The van der Waals surface area contributed by atoms with Crippen molar-refractivity contribution in [2.24, 2.45) is 15.9 Å².